The highest BCUT2D eigenvalue weighted by Crippen LogP contribution is 2.40. The maximum atomic E-state index is 9.84. The molecule has 0 radical (unpaired) electrons. The number of aliphatic hydroxyl groups is 2. The molecule has 0 saturated heterocycles. The van der Waals surface area contributed by atoms with Crippen LogP contribution in [-0.2, 0) is 0 Å². The van der Waals surface area contributed by atoms with Crippen LogP contribution in [0.25, 0.3) is 0 Å². The zero-order valence-electron chi connectivity index (χ0n) is 9.48. The number of benzene rings is 1. The lowest BCUT2D eigenvalue weighted by atomic mass is 10.0. The van der Waals surface area contributed by atoms with E-state index < -0.39 is 12.2 Å². The number of alkyl halides is 1. The molecule has 0 heterocycles. The SMILES string of the molecule is COc1ccc(C(O)C(O)CCl)c(Cl)c1OC. The van der Waals surface area contributed by atoms with Crippen LogP contribution in [0.4, 0.5) is 0 Å². The molecule has 2 unspecified atom stereocenters. The summed E-state index contributed by atoms with van der Waals surface area (Å²) >= 11 is 11.5. The number of hydrogen-bond donors (Lipinski definition) is 2. The lowest BCUT2D eigenvalue weighted by molar-refractivity contribution is 0.0326. The molecule has 17 heavy (non-hydrogen) atoms. The maximum Gasteiger partial charge on any atom is 0.179 e. The van der Waals surface area contributed by atoms with Crippen molar-refractivity contribution in [1.29, 1.82) is 0 Å². The molecule has 4 nitrogen and oxygen atoms in total. The van der Waals surface area contributed by atoms with Gasteiger partial charge in [-0.15, -0.1) is 11.6 Å². The van der Waals surface area contributed by atoms with Gasteiger partial charge in [-0.25, -0.2) is 0 Å². The molecular weight excluding hydrogens is 267 g/mol. The Balaban J connectivity index is 3.18. The van der Waals surface area contributed by atoms with E-state index in [9.17, 15) is 10.2 Å². The van der Waals surface area contributed by atoms with Crippen molar-refractivity contribution in [3.63, 3.8) is 0 Å². The van der Waals surface area contributed by atoms with Gasteiger partial charge in [-0.2, -0.15) is 0 Å². The van der Waals surface area contributed by atoms with Crippen molar-refractivity contribution in [2.24, 2.45) is 0 Å². The first-order valence-corrected chi connectivity index (χ1v) is 5.80. The highest BCUT2D eigenvalue weighted by Gasteiger charge is 2.23. The largest absolute Gasteiger partial charge is 0.493 e. The van der Waals surface area contributed by atoms with E-state index in [2.05, 4.69) is 0 Å². The number of hydrogen-bond acceptors (Lipinski definition) is 4. The molecule has 2 N–H and O–H groups in total. The number of aliphatic hydroxyl groups excluding tert-OH is 2. The highest BCUT2D eigenvalue weighted by molar-refractivity contribution is 6.33. The number of halogens is 2. The minimum Gasteiger partial charge on any atom is -0.493 e. The van der Waals surface area contributed by atoms with Gasteiger partial charge < -0.3 is 19.7 Å². The van der Waals surface area contributed by atoms with Crippen molar-refractivity contribution < 1.29 is 19.7 Å². The highest BCUT2D eigenvalue weighted by atomic mass is 35.5. The van der Waals surface area contributed by atoms with Gasteiger partial charge in [-0.05, 0) is 6.07 Å². The zero-order chi connectivity index (χ0) is 13.0. The molecule has 0 bridgehead atoms. The summed E-state index contributed by atoms with van der Waals surface area (Å²) in [5, 5.41) is 19.5. The van der Waals surface area contributed by atoms with Gasteiger partial charge >= 0.3 is 0 Å². The van der Waals surface area contributed by atoms with Crippen LogP contribution < -0.4 is 9.47 Å². The average molecular weight is 281 g/mol. The summed E-state index contributed by atoms with van der Waals surface area (Å²) in [7, 11) is 2.93. The van der Waals surface area contributed by atoms with Crippen LogP contribution in [0.1, 0.15) is 11.7 Å². The monoisotopic (exact) mass is 280 g/mol. The molecule has 0 aliphatic rings. The van der Waals surface area contributed by atoms with E-state index in [0.29, 0.717) is 17.1 Å². The van der Waals surface area contributed by atoms with Crippen molar-refractivity contribution in [2.45, 2.75) is 12.2 Å². The molecule has 0 saturated carbocycles. The average Bonchev–Trinajstić information content (AvgIpc) is 2.36. The van der Waals surface area contributed by atoms with Crippen LogP contribution in [0, 0.1) is 0 Å². The van der Waals surface area contributed by atoms with E-state index in [1.807, 2.05) is 0 Å². The van der Waals surface area contributed by atoms with Gasteiger partial charge in [0.25, 0.3) is 0 Å². The van der Waals surface area contributed by atoms with E-state index in [0.717, 1.165) is 0 Å². The molecule has 0 aliphatic carbocycles. The third-order valence-electron chi connectivity index (χ3n) is 2.36. The molecule has 1 aromatic rings. The summed E-state index contributed by atoms with van der Waals surface area (Å²) in [6.07, 6.45) is -2.26. The van der Waals surface area contributed by atoms with Crippen molar-refractivity contribution in [3.05, 3.63) is 22.7 Å². The standard InChI is InChI=1S/C11H14Cl2O4/c1-16-8-4-3-6(9(13)11(8)17-2)10(15)7(14)5-12/h3-4,7,10,14-15H,5H2,1-2H3. The van der Waals surface area contributed by atoms with E-state index in [-0.39, 0.29) is 10.9 Å². The molecule has 1 aromatic carbocycles. The Morgan fingerprint density at radius 3 is 2.35 bits per heavy atom. The van der Waals surface area contributed by atoms with Crippen molar-refractivity contribution in [1.82, 2.24) is 0 Å². The lowest BCUT2D eigenvalue weighted by Crippen LogP contribution is -2.20. The quantitative estimate of drug-likeness (QED) is 0.810. The van der Waals surface area contributed by atoms with E-state index in [4.69, 9.17) is 32.7 Å². The Labute approximate surface area is 110 Å². The first kappa shape index (κ1) is 14.4. The Morgan fingerprint density at radius 1 is 1.24 bits per heavy atom. The summed E-state index contributed by atoms with van der Waals surface area (Å²) in [6.45, 7) is 0. The van der Waals surface area contributed by atoms with Gasteiger partial charge in [0.05, 0.1) is 31.2 Å². The fourth-order valence-corrected chi connectivity index (χ4v) is 1.94. The molecule has 0 fully saturated rings. The second kappa shape index (κ2) is 6.31. The van der Waals surface area contributed by atoms with Crippen LogP contribution >= 0.6 is 23.2 Å². The lowest BCUT2D eigenvalue weighted by Gasteiger charge is -2.19. The number of rotatable bonds is 5. The van der Waals surface area contributed by atoms with E-state index in [1.165, 1.54) is 14.2 Å². The van der Waals surface area contributed by atoms with Crippen LogP contribution in [0.15, 0.2) is 12.1 Å². The Bertz CT molecular complexity index is 384. The maximum absolute atomic E-state index is 9.84. The van der Waals surface area contributed by atoms with Gasteiger partial charge in [-0.3, -0.25) is 0 Å². The van der Waals surface area contributed by atoms with Crippen molar-refractivity contribution in [3.8, 4) is 11.5 Å². The minimum atomic E-state index is -1.17. The van der Waals surface area contributed by atoms with Crippen molar-refractivity contribution >= 4 is 23.2 Å². The van der Waals surface area contributed by atoms with E-state index >= 15 is 0 Å². The summed E-state index contributed by atoms with van der Waals surface area (Å²) in [5.41, 5.74) is 0.345. The van der Waals surface area contributed by atoms with E-state index in [1.54, 1.807) is 12.1 Å². The van der Waals surface area contributed by atoms with Gasteiger partial charge in [0.15, 0.2) is 11.5 Å². The molecule has 6 heteroatoms. The Morgan fingerprint density at radius 2 is 1.88 bits per heavy atom. The van der Waals surface area contributed by atoms with Crippen LogP contribution in [0.2, 0.25) is 5.02 Å². The molecule has 0 amide bonds. The predicted molar refractivity (Wildman–Crippen MR) is 66.2 cm³/mol. The van der Waals surface area contributed by atoms with Gasteiger partial charge in [-0.1, -0.05) is 17.7 Å². The fourth-order valence-electron chi connectivity index (χ4n) is 1.42. The molecule has 96 valence electrons. The van der Waals surface area contributed by atoms with Gasteiger partial charge in [0.1, 0.15) is 6.10 Å². The van der Waals surface area contributed by atoms with Gasteiger partial charge in [0.2, 0.25) is 0 Å². The molecule has 0 spiro atoms. The Kier molecular flexibility index (Phi) is 5.33. The molecule has 0 aliphatic heterocycles. The predicted octanol–water partition coefficient (Wildman–Crippen LogP) is 1.99. The fraction of sp³-hybridized carbons (Fsp3) is 0.455. The van der Waals surface area contributed by atoms with Crippen LogP contribution in [0.5, 0.6) is 11.5 Å². The molecule has 1 rings (SSSR count). The minimum absolute atomic E-state index is 0.0914. The first-order valence-electron chi connectivity index (χ1n) is 4.89. The number of ether oxygens (including phenoxy) is 2. The second-order valence-corrected chi connectivity index (χ2v) is 4.06. The molecule has 2 atom stereocenters. The smallest absolute Gasteiger partial charge is 0.179 e. The Hall–Kier alpha value is -0.680. The van der Waals surface area contributed by atoms with Crippen LogP contribution in [-0.4, -0.2) is 36.4 Å². The molecule has 0 aromatic heterocycles. The zero-order valence-corrected chi connectivity index (χ0v) is 11.0. The topological polar surface area (TPSA) is 58.9 Å². The normalized spacial score (nSPS) is 14.2. The molecular formula is C11H14Cl2O4. The summed E-state index contributed by atoms with van der Waals surface area (Å²) in [5.74, 6) is 0.674. The number of methoxy groups -OCH3 is 2. The summed E-state index contributed by atoms with van der Waals surface area (Å²) in [6, 6.07) is 3.16. The summed E-state index contributed by atoms with van der Waals surface area (Å²) < 4.78 is 10.1. The first-order chi connectivity index (χ1) is 8.06. The van der Waals surface area contributed by atoms with Crippen LogP contribution in [0.3, 0.4) is 0 Å². The van der Waals surface area contributed by atoms with Gasteiger partial charge in [0, 0.05) is 5.56 Å². The summed E-state index contributed by atoms with van der Waals surface area (Å²) in [4.78, 5) is 0. The van der Waals surface area contributed by atoms with Crippen molar-refractivity contribution in [2.75, 3.05) is 20.1 Å². The third-order valence-corrected chi connectivity index (χ3v) is 3.06. The third kappa shape index (κ3) is 2.96. The second-order valence-electron chi connectivity index (χ2n) is 3.37.